The van der Waals surface area contributed by atoms with E-state index in [0.29, 0.717) is 5.75 Å². The molecule has 0 aromatic heterocycles. The fourth-order valence-corrected chi connectivity index (χ4v) is 3.11. The van der Waals surface area contributed by atoms with Gasteiger partial charge in [0.05, 0.1) is 5.69 Å². The first-order valence-corrected chi connectivity index (χ1v) is 11.8. The van der Waals surface area contributed by atoms with E-state index in [1.54, 1.807) is 17.0 Å². The van der Waals surface area contributed by atoms with Crippen molar-refractivity contribution in [2.45, 2.75) is 25.7 Å². The van der Waals surface area contributed by atoms with Crippen molar-refractivity contribution in [1.82, 2.24) is 0 Å². The highest BCUT2D eigenvalue weighted by Crippen LogP contribution is 2.29. The monoisotopic (exact) mass is 347 g/mol. The van der Waals surface area contributed by atoms with Crippen LogP contribution in [0.1, 0.15) is 5.56 Å². The Kier molecular flexibility index (Phi) is 4.78. The molecule has 0 radical (unpaired) electrons. The summed E-state index contributed by atoms with van der Waals surface area (Å²) in [4.78, 5) is 14.5. The molecular weight excluding hydrogens is 326 g/mol. The number of amides is 1. The molecule has 1 aliphatic heterocycles. The summed E-state index contributed by atoms with van der Waals surface area (Å²) >= 11 is 0. The highest BCUT2D eigenvalue weighted by atomic mass is 28.3. The first-order chi connectivity index (χ1) is 11.9. The zero-order valence-electron chi connectivity index (χ0n) is 14.7. The zero-order valence-corrected chi connectivity index (χ0v) is 15.7. The van der Waals surface area contributed by atoms with E-state index < -0.39 is 14.2 Å². The maximum atomic E-state index is 12.9. The van der Waals surface area contributed by atoms with Gasteiger partial charge in [-0.15, -0.1) is 5.54 Å². The van der Waals surface area contributed by atoms with Gasteiger partial charge in [0.15, 0.2) is 0 Å². The average molecular weight is 347 g/mol. The van der Waals surface area contributed by atoms with Gasteiger partial charge in [-0.2, -0.15) is 0 Å². The van der Waals surface area contributed by atoms with Gasteiger partial charge in [-0.05, 0) is 29.8 Å². The van der Waals surface area contributed by atoms with Crippen molar-refractivity contribution in [3.63, 3.8) is 0 Å². The molecule has 0 spiro atoms. The summed E-state index contributed by atoms with van der Waals surface area (Å²) in [5.74, 6) is 3.79. The van der Waals surface area contributed by atoms with Crippen LogP contribution < -0.4 is 9.64 Å². The van der Waals surface area contributed by atoms with Gasteiger partial charge in [0, 0.05) is 0 Å². The molecule has 126 valence electrons. The normalized spacial score (nSPS) is 15.8. The topological polar surface area (TPSA) is 29.5 Å². The summed E-state index contributed by atoms with van der Waals surface area (Å²) in [6, 6.07) is 16.6. The molecule has 1 atom stereocenters. The van der Waals surface area contributed by atoms with Gasteiger partial charge in [0.25, 0.3) is 0 Å². The van der Waals surface area contributed by atoms with E-state index in [1.165, 1.54) is 0 Å². The first kappa shape index (κ1) is 17.1. The van der Waals surface area contributed by atoms with E-state index in [0.717, 1.165) is 11.3 Å². The quantitative estimate of drug-likeness (QED) is 0.538. The Balaban J connectivity index is 1.96. The standard InChI is InChI=1S/C21H21NO2Si/c1-25(2,3)16-15-18-14-13-17-9-7-8-12-20(17)22(18)21(23)24-19-10-5-4-6-11-19/h4-14,18H,1-3H3. The van der Waals surface area contributed by atoms with Gasteiger partial charge < -0.3 is 4.74 Å². The Morgan fingerprint density at radius 1 is 1.04 bits per heavy atom. The second-order valence-electron chi connectivity index (χ2n) is 6.93. The van der Waals surface area contributed by atoms with Gasteiger partial charge >= 0.3 is 6.09 Å². The molecular formula is C21H21NO2Si. The largest absolute Gasteiger partial charge is 0.421 e. The van der Waals surface area contributed by atoms with Crippen LogP contribution in [0.25, 0.3) is 6.08 Å². The van der Waals surface area contributed by atoms with Crippen LogP contribution in [-0.4, -0.2) is 20.2 Å². The van der Waals surface area contributed by atoms with Crippen molar-refractivity contribution >= 4 is 25.9 Å². The molecule has 3 nitrogen and oxygen atoms in total. The molecule has 4 heteroatoms. The fourth-order valence-electron chi connectivity index (χ4n) is 2.53. The Morgan fingerprint density at radius 3 is 2.44 bits per heavy atom. The molecule has 1 heterocycles. The van der Waals surface area contributed by atoms with Crippen molar-refractivity contribution < 1.29 is 9.53 Å². The Hall–Kier alpha value is -2.77. The molecule has 0 N–H and O–H groups in total. The second-order valence-corrected chi connectivity index (χ2v) is 11.7. The van der Waals surface area contributed by atoms with Crippen LogP contribution in [-0.2, 0) is 0 Å². The minimum Gasteiger partial charge on any atom is -0.410 e. The number of carbonyl (C=O) groups excluding carboxylic acids is 1. The summed E-state index contributed by atoms with van der Waals surface area (Å²) in [6.07, 6.45) is 3.56. The molecule has 0 fully saturated rings. The van der Waals surface area contributed by atoms with Gasteiger partial charge in [0.1, 0.15) is 19.9 Å². The van der Waals surface area contributed by atoms with E-state index >= 15 is 0 Å². The Morgan fingerprint density at radius 2 is 1.72 bits per heavy atom. The summed E-state index contributed by atoms with van der Waals surface area (Å²) < 4.78 is 5.57. The lowest BCUT2D eigenvalue weighted by Gasteiger charge is -2.30. The van der Waals surface area contributed by atoms with Crippen LogP contribution >= 0.6 is 0 Å². The van der Waals surface area contributed by atoms with Gasteiger partial charge in [0.2, 0.25) is 0 Å². The molecule has 1 amide bonds. The number of ether oxygens (including phenoxy) is 1. The lowest BCUT2D eigenvalue weighted by atomic mass is 10.0. The Bertz CT molecular complexity index is 857. The molecule has 1 aliphatic rings. The van der Waals surface area contributed by atoms with Crippen LogP contribution in [0.15, 0.2) is 60.7 Å². The highest BCUT2D eigenvalue weighted by Gasteiger charge is 2.28. The smallest absolute Gasteiger partial charge is 0.410 e. The van der Waals surface area contributed by atoms with E-state index in [1.807, 2.05) is 54.6 Å². The molecule has 0 bridgehead atoms. The lowest BCUT2D eigenvalue weighted by Crippen LogP contribution is -2.42. The molecule has 0 saturated heterocycles. The van der Waals surface area contributed by atoms with Crippen LogP contribution in [0.3, 0.4) is 0 Å². The van der Waals surface area contributed by atoms with Crippen molar-refractivity contribution in [3.8, 4) is 17.2 Å². The van der Waals surface area contributed by atoms with Gasteiger partial charge in [-0.3, -0.25) is 4.90 Å². The van der Waals surface area contributed by atoms with Crippen LogP contribution in [0.4, 0.5) is 10.5 Å². The lowest BCUT2D eigenvalue weighted by molar-refractivity contribution is 0.207. The van der Waals surface area contributed by atoms with E-state index in [-0.39, 0.29) is 6.04 Å². The third kappa shape index (κ3) is 4.20. The maximum Gasteiger partial charge on any atom is 0.421 e. The summed E-state index contributed by atoms with van der Waals surface area (Å²) in [7, 11) is -1.55. The highest BCUT2D eigenvalue weighted by molar-refractivity contribution is 6.83. The average Bonchev–Trinajstić information content (AvgIpc) is 2.59. The number of anilines is 1. The molecule has 1 unspecified atom stereocenters. The fraction of sp³-hybridized carbons (Fsp3) is 0.190. The SMILES string of the molecule is C[Si](C)(C)C#CC1C=Cc2ccccc2N1C(=O)Oc1ccccc1. The van der Waals surface area contributed by atoms with Gasteiger partial charge in [-0.25, -0.2) is 4.79 Å². The summed E-state index contributed by atoms with van der Waals surface area (Å²) in [5, 5.41) is 0. The molecule has 25 heavy (non-hydrogen) atoms. The zero-order chi connectivity index (χ0) is 17.9. The number of hydrogen-bond acceptors (Lipinski definition) is 2. The predicted molar refractivity (Wildman–Crippen MR) is 105 cm³/mol. The van der Waals surface area contributed by atoms with Crippen molar-refractivity contribution in [2.75, 3.05) is 4.90 Å². The molecule has 0 aliphatic carbocycles. The Labute approximate surface area is 149 Å². The van der Waals surface area contributed by atoms with Crippen molar-refractivity contribution in [3.05, 3.63) is 66.2 Å². The number of hydrogen-bond donors (Lipinski definition) is 0. The van der Waals surface area contributed by atoms with Crippen LogP contribution in [0.5, 0.6) is 5.75 Å². The van der Waals surface area contributed by atoms with E-state index in [4.69, 9.17) is 4.74 Å². The third-order valence-corrected chi connectivity index (χ3v) is 4.57. The molecule has 0 saturated carbocycles. The summed E-state index contributed by atoms with van der Waals surface area (Å²) in [5.41, 5.74) is 5.16. The predicted octanol–water partition coefficient (Wildman–Crippen LogP) is 4.97. The van der Waals surface area contributed by atoms with Crippen LogP contribution in [0, 0.1) is 11.5 Å². The third-order valence-electron chi connectivity index (χ3n) is 3.67. The van der Waals surface area contributed by atoms with Crippen molar-refractivity contribution in [2.24, 2.45) is 0 Å². The number of carbonyl (C=O) groups is 1. The summed E-state index contributed by atoms with van der Waals surface area (Å²) in [6.45, 7) is 6.56. The number of para-hydroxylation sites is 2. The molecule has 2 aromatic rings. The number of benzene rings is 2. The first-order valence-electron chi connectivity index (χ1n) is 8.30. The van der Waals surface area contributed by atoms with Gasteiger partial charge in [-0.1, -0.05) is 68.0 Å². The second kappa shape index (κ2) is 7.00. The van der Waals surface area contributed by atoms with Crippen molar-refractivity contribution in [1.29, 1.82) is 0 Å². The minimum atomic E-state index is -1.55. The van der Waals surface area contributed by atoms with E-state index in [9.17, 15) is 4.79 Å². The molecule has 2 aromatic carbocycles. The number of rotatable bonds is 1. The number of fused-ring (bicyclic) bond motifs is 1. The minimum absolute atomic E-state index is 0.321. The van der Waals surface area contributed by atoms with Crippen LogP contribution in [0.2, 0.25) is 19.6 Å². The van der Waals surface area contributed by atoms with E-state index in [2.05, 4.69) is 31.1 Å². The number of nitrogens with zero attached hydrogens (tertiary/aromatic N) is 1. The maximum absolute atomic E-state index is 12.9. The molecule has 3 rings (SSSR count).